The quantitative estimate of drug-likeness (QED) is 0.229. The van der Waals surface area contributed by atoms with Gasteiger partial charge in [0.1, 0.15) is 0 Å². The molecule has 0 aromatic carbocycles. The lowest BCUT2D eigenvalue weighted by molar-refractivity contribution is 0.348. The molecule has 0 aliphatic rings. The van der Waals surface area contributed by atoms with Gasteiger partial charge in [-0.2, -0.15) is 9.98 Å². The van der Waals surface area contributed by atoms with Crippen LogP contribution >= 0.6 is 0 Å². The summed E-state index contributed by atoms with van der Waals surface area (Å²) in [6.07, 6.45) is 17.2. The Morgan fingerprint density at radius 1 is 0.636 bits per heavy atom. The van der Waals surface area contributed by atoms with Gasteiger partial charge < -0.3 is 0 Å². The van der Waals surface area contributed by atoms with Gasteiger partial charge >= 0.3 is 0 Å². The number of hydrogen-bond acceptors (Lipinski definition) is 4. The van der Waals surface area contributed by atoms with E-state index in [2.05, 4.69) is 23.8 Å². The number of rotatable bonds is 15. The molecule has 0 saturated carbocycles. The Kier molecular flexibility index (Phi) is 13.9. The van der Waals surface area contributed by atoms with Crippen LogP contribution < -0.4 is 0 Å². The average molecular weight is 308 g/mol. The van der Waals surface area contributed by atoms with Gasteiger partial charge in [0.05, 0.1) is 0 Å². The molecule has 0 radical (unpaired) electrons. The van der Waals surface area contributed by atoms with Gasteiger partial charge in [-0.3, -0.25) is 0 Å². The maximum absolute atomic E-state index is 10.7. The second-order valence-electron chi connectivity index (χ2n) is 6.07. The van der Waals surface area contributed by atoms with E-state index in [4.69, 9.17) is 0 Å². The van der Waals surface area contributed by atoms with Gasteiger partial charge in [-0.05, 0) is 25.7 Å². The maximum Gasteiger partial charge on any atom is 0.237 e. The maximum atomic E-state index is 10.7. The molecule has 0 saturated heterocycles. The van der Waals surface area contributed by atoms with E-state index in [1.807, 2.05) is 0 Å². The zero-order valence-corrected chi connectivity index (χ0v) is 14.4. The van der Waals surface area contributed by atoms with Crippen molar-refractivity contribution in [3.05, 3.63) is 0 Å². The van der Waals surface area contributed by atoms with Crippen molar-refractivity contribution < 1.29 is 9.59 Å². The molecule has 4 nitrogen and oxygen atoms in total. The van der Waals surface area contributed by atoms with Crippen LogP contribution in [0.15, 0.2) is 9.98 Å². The van der Waals surface area contributed by atoms with Crippen molar-refractivity contribution in [1.82, 2.24) is 0 Å². The molecule has 0 aliphatic heterocycles. The molecular weight excluding hydrogens is 276 g/mol. The standard InChI is InChI=1S/C18H32N2O2/c1-3-5-7-9-10-11-13-15-18(19-16-21,20-17-22)14-12-8-6-4-2/h3-15H2,1-2H3. The molecule has 0 N–H and O–H groups in total. The molecule has 0 aromatic heterocycles. The predicted octanol–water partition coefficient (Wildman–Crippen LogP) is 5.47. The predicted molar refractivity (Wildman–Crippen MR) is 90.3 cm³/mol. The van der Waals surface area contributed by atoms with Crippen LogP contribution in [0.3, 0.4) is 0 Å². The molecule has 0 rings (SSSR count). The van der Waals surface area contributed by atoms with E-state index in [-0.39, 0.29) is 0 Å². The summed E-state index contributed by atoms with van der Waals surface area (Å²) in [5, 5.41) is 0. The first kappa shape index (κ1) is 20.8. The number of carbonyl (C=O) groups excluding carboxylic acids is 2. The van der Waals surface area contributed by atoms with Crippen LogP contribution in [-0.4, -0.2) is 17.8 Å². The molecule has 0 fully saturated rings. The van der Waals surface area contributed by atoms with Crippen LogP contribution in [0.25, 0.3) is 0 Å². The van der Waals surface area contributed by atoms with Crippen LogP contribution in [0.4, 0.5) is 0 Å². The molecule has 0 unspecified atom stereocenters. The second kappa shape index (κ2) is 14.7. The minimum atomic E-state index is -0.902. The first-order valence-corrected chi connectivity index (χ1v) is 8.92. The molecular formula is C18H32N2O2. The highest BCUT2D eigenvalue weighted by molar-refractivity contribution is 5.39. The molecule has 0 aromatic rings. The van der Waals surface area contributed by atoms with Crippen molar-refractivity contribution in [1.29, 1.82) is 0 Å². The first-order valence-electron chi connectivity index (χ1n) is 8.92. The molecule has 126 valence electrons. The van der Waals surface area contributed by atoms with Crippen LogP contribution in [0.1, 0.15) is 97.3 Å². The van der Waals surface area contributed by atoms with Crippen molar-refractivity contribution in [2.24, 2.45) is 9.98 Å². The third-order valence-electron chi connectivity index (χ3n) is 4.12. The summed E-state index contributed by atoms with van der Waals surface area (Å²) in [4.78, 5) is 29.1. The van der Waals surface area contributed by atoms with Gasteiger partial charge in [0.15, 0.2) is 5.66 Å². The van der Waals surface area contributed by atoms with Crippen molar-refractivity contribution in [3.8, 4) is 0 Å². The lowest BCUT2D eigenvalue weighted by Crippen LogP contribution is -2.23. The number of unbranched alkanes of at least 4 members (excludes halogenated alkanes) is 9. The third-order valence-corrected chi connectivity index (χ3v) is 4.12. The van der Waals surface area contributed by atoms with Gasteiger partial charge in [0, 0.05) is 0 Å². The average Bonchev–Trinajstić information content (AvgIpc) is 2.51. The van der Waals surface area contributed by atoms with Gasteiger partial charge in [-0.25, -0.2) is 9.59 Å². The summed E-state index contributed by atoms with van der Waals surface area (Å²) < 4.78 is 0. The smallest absolute Gasteiger partial charge is 0.211 e. The highest BCUT2D eigenvalue weighted by Crippen LogP contribution is 2.28. The molecule has 0 heterocycles. The lowest BCUT2D eigenvalue weighted by Gasteiger charge is -2.22. The Balaban J connectivity index is 4.27. The van der Waals surface area contributed by atoms with Gasteiger partial charge in [0.2, 0.25) is 12.2 Å². The lowest BCUT2D eigenvalue weighted by atomic mass is 9.95. The van der Waals surface area contributed by atoms with E-state index in [0.29, 0.717) is 12.8 Å². The van der Waals surface area contributed by atoms with E-state index in [1.165, 1.54) is 32.1 Å². The Labute approximate surface area is 135 Å². The zero-order chi connectivity index (χ0) is 16.5. The summed E-state index contributed by atoms with van der Waals surface area (Å²) in [5.74, 6) is 0. The van der Waals surface area contributed by atoms with Gasteiger partial charge in [-0.15, -0.1) is 0 Å². The van der Waals surface area contributed by atoms with E-state index in [9.17, 15) is 9.59 Å². The number of hydrogen-bond donors (Lipinski definition) is 0. The van der Waals surface area contributed by atoms with Crippen molar-refractivity contribution in [2.75, 3.05) is 0 Å². The molecule has 22 heavy (non-hydrogen) atoms. The van der Waals surface area contributed by atoms with Crippen LogP contribution in [-0.2, 0) is 9.59 Å². The molecule has 0 bridgehead atoms. The molecule has 0 spiro atoms. The van der Waals surface area contributed by atoms with Crippen LogP contribution in [0.5, 0.6) is 0 Å². The van der Waals surface area contributed by atoms with Gasteiger partial charge in [0.25, 0.3) is 0 Å². The number of isocyanates is 2. The van der Waals surface area contributed by atoms with Crippen LogP contribution in [0.2, 0.25) is 0 Å². The highest BCUT2D eigenvalue weighted by atomic mass is 16.1. The monoisotopic (exact) mass is 308 g/mol. The third kappa shape index (κ3) is 10.5. The molecule has 4 heteroatoms. The Morgan fingerprint density at radius 2 is 1.00 bits per heavy atom. The Bertz CT molecular complexity index is 338. The normalized spacial score (nSPS) is 13.0. The number of nitrogens with zero attached hydrogens (tertiary/aromatic N) is 2. The minimum absolute atomic E-state index is 0.646. The van der Waals surface area contributed by atoms with Gasteiger partial charge in [-0.1, -0.05) is 71.6 Å². The van der Waals surface area contributed by atoms with Crippen molar-refractivity contribution in [2.45, 2.75) is 103 Å². The fraction of sp³-hybridized carbons (Fsp3) is 0.889. The SMILES string of the molecule is CCCCCCCCCC(CCCCCC)(N=C=O)N=C=O. The summed E-state index contributed by atoms with van der Waals surface area (Å²) in [5.41, 5.74) is -0.902. The number of aliphatic imine (C=N–C) groups is 2. The molecule has 0 amide bonds. The minimum Gasteiger partial charge on any atom is -0.211 e. The first-order chi connectivity index (χ1) is 10.7. The van der Waals surface area contributed by atoms with E-state index in [0.717, 1.165) is 38.5 Å². The fourth-order valence-corrected chi connectivity index (χ4v) is 2.74. The van der Waals surface area contributed by atoms with Crippen LogP contribution in [0, 0.1) is 0 Å². The summed E-state index contributed by atoms with van der Waals surface area (Å²) in [6, 6.07) is 0. The summed E-state index contributed by atoms with van der Waals surface area (Å²) in [6.45, 7) is 4.36. The second-order valence-corrected chi connectivity index (χ2v) is 6.07. The Morgan fingerprint density at radius 3 is 1.41 bits per heavy atom. The highest BCUT2D eigenvalue weighted by Gasteiger charge is 2.28. The summed E-state index contributed by atoms with van der Waals surface area (Å²) >= 11 is 0. The van der Waals surface area contributed by atoms with E-state index >= 15 is 0 Å². The Hall–Kier alpha value is -1.24. The fourth-order valence-electron chi connectivity index (χ4n) is 2.74. The summed E-state index contributed by atoms with van der Waals surface area (Å²) in [7, 11) is 0. The van der Waals surface area contributed by atoms with E-state index < -0.39 is 5.66 Å². The van der Waals surface area contributed by atoms with Crippen molar-refractivity contribution in [3.63, 3.8) is 0 Å². The molecule has 0 atom stereocenters. The molecule has 0 aliphatic carbocycles. The zero-order valence-electron chi connectivity index (χ0n) is 14.4. The van der Waals surface area contributed by atoms with E-state index in [1.54, 1.807) is 12.2 Å². The van der Waals surface area contributed by atoms with Crippen molar-refractivity contribution >= 4 is 12.2 Å². The largest absolute Gasteiger partial charge is 0.237 e. The topological polar surface area (TPSA) is 58.9 Å².